The SMILES string of the molecule is Cc1cc([N+](=O)[O-])cc(Cl)c1N[C@@H](C)c1cccc(O)c1. The van der Waals surface area contributed by atoms with Crippen LogP contribution >= 0.6 is 11.6 Å². The molecule has 0 fully saturated rings. The largest absolute Gasteiger partial charge is 0.508 e. The molecule has 2 rings (SSSR count). The van der Waals surface area contributed by atoms with E-state index in [1.54, 1.807) is 25.1 Å². The van der Waals surface area contributed by atoms with E-state index >= 15 is 0 Å². The molecule has 0 aliphatic heterocycles. The molecule has 110 valence electrons. The minimum atomic E-state index is -0.471. The Hall–Kier alpha value is -2.27. The van der Waals surface area contributed by atoms with Gasteiger partial charge in [-0.2, -0.15) is 0 Å². The maximum absolute atomic E-state index is 10.8. The van der Waals surface area contributed by atoms with E-state index < -0.39 is 4.92 Å². The fourth-order valence-electron chi connectivity index (χ4n) is 2.11. The zero-order chi connectivity index (χ0) is 15.6. The number of halogens is 1. The number of phenolic OH excluding ortho intramolecular Hbond substituents is 1. The van der Waals surface area contributed by atoms with Crippen molar-refractivity contribution in [3.63, 3.8) is 0 Å². The number of phenols is 1. The fraction of sp³-hybridized carbons (Fsp3) is 0.200. The molecule has 0 bridgehead atoms. The lowest BCUT2D eigenvalue weighted by Gasteiger charge is -2.18. The molecule has 6 heteroatoms. The van der Waals surface area contributed by atoms with Crippen molar-refractivity contribution >= 4 is 23.0 Å². The van der Waals surface area contributed by atoms with E-state index in [0.29, 0.717) is 16.3 Å². The zero-order valence-electron chi connectivity index (χ0n) is 11.6. The number of hydrogen-bond donors (Lipinski definition) is 2. The molecule has 0 amide bonds. The average molecular weight is 307 g/mol. The van der Waals surface area contributed by atoms with Crippen LogP contribution in [0, 0.1) is 17.0 Å². The Bertz CT molecular complexity index is 665. The molecule has 5 nitrogen and oxygen atoms in total. The van der Waals surface area contributed by atoms with Gasteiger partial charge in [0.05, 0.1) is 15.6 Å². The zero-order valence-corrected chi connectivity index (χ0v) is 12.4. The summed E-state index contributed by atoms with van der Waals surface area (Å²) < 4.78 is 0. The molecule has 0 heterocycles. The van der Waals surface area contributed by atoms with Gasteiger partial charge in [0.2, 0.25) is 0 Å². The fourth-order valence-corrected chi connectivity index (χ4v) is 2.42. The van der Waals surface area contributed by atoms with Crippen molar-refractivity contribution < 1.29 is 10.0 Å². The van der Waals surface area contributed by atoms with Crippen LogP contribution in [-0.2, 0) is 0 Å². The Balaban J connectivity index is 2.29. The monoisotopic (exact) mass is 306 g/mol. The predicted molar refractivity (Wildman–Crippen MR) is 83.0 cm³/mol. The van der Waals surface area contributed by atoms with Gasteiger partial charge in [0.25, 0.3) is 5.69 Å². The van der Waals surface area contributed by atoms with Gasteiger partial charge in [0.15, 0.2) is 0 Å². The molecule has 0 saturated carbocycles. The van der Waals surface area contributed by atoms with Crippen molar-refractivity contribution in [2.75, 3.05) is 5.32 Å². The van der Waals surface area contributed by atoms with Gasteiger partial charge in [-0.15, -0.1) is 0 Å². The third-order valence-corrected chi connectivity index (χ3v) is 3.51. The summed E-state index contributed by atoms with van der Waals surface area (Å²) in [6.07, 6.45) is 0. The number of hydrogen-bond acceptors (Lipinski definition) is 4. The summed E-state index contributed by atoms with van der Waals surface area (Å²) in [6, 6.07) is 9.59. The highest BCUT2D eigenvalue weighted by Crippen LogP contribution is 2.33. The molecule has 0 radical (unpaired) electrons. The predicted octanol–water partition coefficient (Wildman–Crippen LogP) is 4.44. The van der Waals surface area contributed by atoms with E-state index in [0.717, 1.165) is 5.56 Å². The number of aromatic hydroxyl groups is 1. The Morgan fingerprint density at radius 3 is 2.62 bits per heavy atom. The minimum absolute atomic E-state index is 0.0342. The van der Waals surface area contributed by atoms with Crippen LogP contribution in [-0.4, -0.2) is 10.0 Å². The van der Waals surface area contributed by atoms with Crippen LogP contribution in [0.1, 0.15) is 24.1 Å². The van der Waals surface area contributed by atoms with Gasteiger partial charge in [0.1, 0.15) is 5.75 Å². The lowest BCUT2D eigenvalue weighted by molar-refractivity contribution is -0.384. The number of aryl methyl sites for hydroxylation is 1. The number of non-ortho nitro benzene ring substituents is 1. The first-order valence-corrected chi connectivity index (χ1v) is 6.76. The van der Waals surface area contributed by atoms with Crippen LogP contribution in [0.4, 0.5) is 11.4 Å². The normalized spacial score (nSPS) is 12.0. The molecule has 0 spiro atoms. The maximum atomic E-state index is 10.8. The summed E-state index contributed by atoms with van der Waals surface area (Å²) in [7, 11) is 0. The third-order valence-electron chi connectivity index (χ3n) is 3.21. The van der Waals surface area contributed by atoms with Crippen molar-refractivity contribution in [2.24, 2.45) is 0 Å². The van der Waals surface area contributed by atoms with Crippen molar-refractivity contribution in [2.45, 2.75) is 19.9 Å². The van der Waals surface area contributed by atoms with Crippen molar-refractivity contribution in [1.29, 1.82) is 0 Å². The summed E-state index contributed by atoms with van der Waals surface area (Å²) in [5.41, 5.74) is 2.20. The molecular weight excluding hydrogens is 292 g/mol. The minimum Gasteiger partial charge on any atom is -0.508 e. The lowest BCUT2D eigenvalue weighted by Crippen LogP contribution is -2.08. The molecule has 0 unspecified atom stereocenters. The van der Waals surface area contributed by atoms with Crippen molar-refractivity contribution in [1.82, 2.24) is 0 Å². The van der Waals surface area contributed by atoms with E-state index in [4.69, 9.17) is 11.6 Å². The topological polar surface area (TPSA) is 75.4 Å². The molecule has 0 aliphatic carbocycles. The summed E-state index contributed by atoms with van der Waals surface area (Å²) in [4.78, 5) is 10.3. The summed E-state index contributed by atoms with van der Waals surface area (Å²) >= 11 is 6.13. The van der Waals surface area contributed by atoms with Crippen LogP contribution < -0.4 is 5.32 Å². The first kappa shape index (κ1) is 15.1. The van der Waals surface area contributed by atoms with Gasteiger partial charge >= 0.3 is 0 Å². The number of nitrogens with one attached hydrogen (secondary N) is 1. The van der Waals surface area contributed by atoms with E-state index in [9.17, 15) is 15.2 Å². The standard InChI is InChI=1S/C15H15ClN2O3/c1-9-6-12(18(20)21)8-14(16)15(9)17-10(2)11-4-3-5-13(19)7-11/h3-8,10,17,19H,1-2H3/t10-/m0/s1. The summed E-state index contributed by atoms with van der Waals surface area (Å²) in [6.45, 7) is 3.68. The summed E-state index contributed by atoms with van der Waals surface area (Å²) in [5, 5.41) is 23.8. The highest BCUT2D eigenvalue weighted by atomic mass is 35.5. The Morgan fingerprint density at radius 1 is 1.33 bits per heavy atom. The second-order valence-electron chi connectivity index (χ2n) is 4.84. The molecule has 2 aromatic carbocycles. The second kappa shape index (κ2) is 6.01. The number of rotatable bonds is 4. The van der Waals surface area contributed by atoms with Crippen LogP contribution in [0.25, 0.3) is 0 Å². The average Bonchev–Trinajstić information content (AvgIpc) is 2.42. The van der Waals surface area contributed by atoms with E-state index in [2.05, 4.69) is 5.32 Å². The number of nitrogens with zero attached hydrogens (tertiary/aromatic N) is 1. The third kappa shape index (κ3) is 3.44. The van der Waals surface area contributed by atoms with Crippen LogP contribution in [0.5, 0.6) is 5.75 Å². The van der Waals surface area contributed by atoms with Gasteiger partial charge in [-0.1, -0.05) is 23.7 Å². The molecule has 2 aromatic rings. The van der Waals surface area contributed by atoms with Gasteiger partial charge in [-0.05, 0) is 37.1 Å². The Morgan fingerprint density at radius 2 is 2.05 bits per heavy atom. The Kier molecular flexibility index (Phi) is 4.33. The van der Waals surface area contributed by atoms with Gasteiger partial charge in [-0.3, -0.25) is 10.1 Å². The van der Waals surface area contributed by atoms with Gasteiger partial charge in [0, 0.05) is 18.2 Å². The van der Waals surface area contributed by atoms with Crippen LogP contribution in [0.3, 0.4) is 0 Å². The molecule has 2 N–H and O–H groups in total. The quantitative estimate of drug-likeness (QED) is 0.647. The molecule has 1 atom stereocenters. The second-order valence-corrected chi connectivity index (χ2v) is 5.24. The molecule has 0 saturated heterocycles. The van der Waals surface area contributed by atoms with E-state index in [1.807, 2.05) is 13.0 Å². The number of nitro groups is 1. The van der Waals surface area contributed by atoms with Crippen molar-refractivity contribution in [3.05, 3.63) is 62.7 Å². The van der Waals surface area contributed by atoms with Crippen LogP contribution in [0.15, 0.2) is 36.4 Å². The van der Waals surface area contributed by atoms with Crippen LogP contribution in [0.2, 0.25) is 5.02 Å². The molecule has 21 heavy (non-hydrogen) atoms. The van der Waals surface area contributed by atoms with E-state index in [-0.39, 0.29) is 17.5 Å². The first-order valence-electron chi connectivity index (χ1n) is 6.38. The highest BCUT2D eigenvalue weighted by Gasteiger charge is 2.15. The van der Waals surface area contributed by atoms with Crippen molar-refractivity contribution in [3.8, 4) is 5.75 Å². The number of anilines is 1. The number of nitro benzene ring substituents is 1. The molecular formula is C15H15ClN2O3. The van der Waals surface area contributed by atoms with Gasteiger partial charge in [-0.25, -0.2) is 0 Å². The molecule has 0 aromatic heterocycles. The summed E-state index contributed by atoms with van der Waals surface area (Å²) in [5.74, 6) is 0.188. The lowest BCUT2D eigenvalue weighted by atomic mass is 10.1. The maximum Gasteiger partial charge on any atom is 0.271 e. The first-order chi connectivity index (χ1) is 9.88. The highest BCUT2D eigenvalue weighted by molar-refractivity contribution is 6.33. The van der Waals surface area contributed by atoms with E-state index in [1.165, 1.54) is 12.1 Å². The van der Waals surface area contributed by atoms with Gasteiger partial charge < -0.3 is 10.4 Å². The molecule has 0 aliphatic rings. The smallest absolute Gasteiger partial charge is 0.271 e. The number of benzene rings is 2. The Labute approximate surface area is 127 Å².